The zero-order valence-electron chi connectivity index (χ0n) is 15.4. The largest absolute Gasteiger partial charge is 0.390 e. The van der Waals surface area contributed by atoms with E-state index >= 15 is 0 Å². The van der Waals surface area contributed by atoms with Gasteiger partial charge in [-0.15, -0.1) is 0 Å². The Kier molecular flexibility index (Phi) is 6.92. The lowest BCUT2D eigenvalue weighted by Gasteiger charge is -2.44. The number of nitrogens with zero attached hydrogens (tertiary/aromatic N) is 2. The smallest absolute Gasteiger partial charge is 0.125 e. The van der Waals surface area contributed by atoms with Gasteiger partial charge in [-0.1, -0.05) is 38.5 Å². The highest BCUT2D eigenvalue weighted by Gasteiger charge is 2.38. The van der Waals surface area contributed by atoms with Crippen molar-refractivity contribution < 1.29 is 5.11 Å². The van der Waals surface area contributed by atoms with E-state index in [1.54, 1.807) is 0 Å². The van der Waals surface area contributed by atoms with Gasteiger partial charge in [-0.25, -0.2) is 0 Å². The fourth-order valence-electron chi connectivity index (χ4n) is 4.52. The lowest BCUT2D eigenvalue weighted by molar-refractivity contribution is -0.0226. The number of rotatable bonds is 5. The van der Waals surface area contributed by atoms with Gasteiger partial charge >= 0.3 is 0 Å². The Balaban J connectivity index is 2.09. The monoisotopic (exact) mass is 320 g/mol. The summed E-state index contributed by atoms with van der Waals surface area (Å²) in [7, 11) is 0. The van der Waals surface area contributed by atoms with Gasteiger partial charge in [-0.05, 0) is 58.3 Å². The first-order valence-corrected chi connectivity index (χ1v) is 9.78. The zero-order valence-corrected chi connectivity index (χ0v) is 15.4. The molecule has 23 heavy (non-hydrogen) atoms. The van der Waals surface area contributed by atoms with E-state index in [1.165, 1.54) is 51.4 Å². The number of aliphatic hydroxyl groups is 1. The molecule has 0 spiro atoms. The van der Waals surface area contributed by atoms with Gasteiger partial charge in [-0.3, -0.25) is 4.90 Å². The zero-order chi connectivity index (χ0) is 16.9. The van der Waals surface area contributed by atoms with Crippen LogP contribution in [-0.4, -0.2) is 34.2 Å². The van der Waals surface area contributed by atoms with Crippen molar-refractivity contribution in [3.8, 4) is 6.07 Å². The summed E-state index contributed by atoms with van der Waals surface area (Å²) in [5, 5.41) is 20.8. The molecular formula is C20H36N2O. The van der Waals surface area contributed by atoms with E-state index in [9.17, 15) is 10.4 Å². The molecule has 0 aliphatic heterocycles. The van der Waals surface area contributed by atoms with Crippen molar-refractivity contribution >= 4 is 0 Å². The van der Waals surface area contributed by atoms with Crippen LogP contribution >= 0.6 is 0 Å². The molecule has 2 aliphatic carbocycles. The van der Waals surface area contributed by atoms with Crippen LogP contribution in [0.4, 0.5) is 0 Å². The van der Waals surface area contributed by atoms with Crippen molar-refractivity contribution in [3.05, 3.63) is 0 Å². The molecule has 0 bridgehead atoms. The Morgan fingerprint density at radius 2 is 1.52 bits per heavy atom. The van der Waals surface area contributed by atoms with E-state index in [4.69, 9.17) is 0 Å². The van der Waals surface area contributed by atoms with Crippen LogP contribution in [0.3, 0.4) is 0 Å². The van der Waals surface area contributed by atoms with Crippen LogP contribution in [0.25, 0.3) is 0 Å². The summed E-state index contributed by atoms with van der Waals surface area (Å²) in [6.45, 7) is 7.53. The molecule has 2 fully saturated rings. The summed E-state index contributed by atoms with van der Waals surface area (Å²) in [6, 6.07) is 2.11. The van der Waals surface area contributed by atoms with Gasteiger partial charge in [0.05, 0.1) is 12.2 Å². The van der Waals surface area contributed by atoms with Crippen LogP contribution in [-0.2, 0) is 0 Å². The molecule has 0 aromatic heterocycles. The molecule has 0 unspecified atom stereocenters. The van der Waals surface area contributed by atoms with E-state index in [-0.39, 0.29) is 11.6 Å². The lowest BCUT2D eigenvalue weighted by Crippen LogP contribution is -2.55. The first kappa shape index (κ1) is 18.7. The molecule has 132 valence electrons. The molecule has 3 heteroatoms. The maximum Gasteiger partial charge on any atom is 0.125 e. The molecule has 2 rings (SSSR count). The Hall–Kier alpha value is -0.590. The molecule has 2 aliphatic rings. The molecule has 1 N–H and O–H groups in total. The quantitative estimate of drug-likeness (QED) is 0.811. The van der Waals surface area contributed by atoms with Crippen molar-refractivity contribution in [2.24, 2.45) is 11.8 Å². The second-order valence-corrected chi connectivity index (χ2v) is 8.79. The molecule has 0 aromatic carbocycles. The molecule has 2 atom stereocenters. The third kappa shape index (κ3) is 5.19. The molecule has 0 amide bonds. The van der Waals surface area contributed by atoms with Gasteiger partial charge in [-0.2, -0.15) is 5.26 Å². The van der Waals surface area contributed by atoms with Crippen molar-refractivity contribution in [2.75, 3.05) is 6.54 Å². The molecular weight excluding hydrogens is 284 g/mol. The minimum Gasteiger partial charge on any atom is -0.390 e. The average molecular weight is 321 g/mol. The molecule has 0 heterocycles. The SMILES string of the molecule is CC(C)(C)N(CC1CCCCC1)[C@H](C#N)[C@H](O)C1CCCCC1. The molecule has 0 saturated heterocycles. The Morgan fingerprint density at radius 3 is 2.00 bits per heavy atom. The fraction of sp³-hybridized carbons (Fsp3) is 0.950. The predicted molar refractivity (Wildman–Crippen MR) is 95.0 cm³/mol. The second-order valence-electron chi connectivity index (χ2n) is 8.79. The predicted octanol–water partition coefficient (Wildman–Crippen LogP) is 4.50. The van der Waals surface area contributed by atoms with E-state index < -0.39 is 6.10 Å². The summed E-state index contributed by atoms with van der Waals surface area (Å²) in [6.07, 6.45) is 11.9. The third-order valence-electron chi connectivity index (χ3n) is 5.97. The van der Waals surface area contributed by atoms with Crippen LogP contribution in [0, 0.1) is 23.2 Å². The van der Waals surface area contributed by atoms with Crippen LogP contribution in [0.1, 0.15) is 85.0 Å². The second kappa shape index (κ2) is 8.49. The van der Waals surface area contributed by atoms with Crippen molar-refractivity contribution in [2.45, 2.75) is 103 Å². The minimum atomic E-state index is -0.497. The Labute approximate surface area is 143 Å². The summed E-state index contributed by atoms with van der Waals surface area (Å²) in [4.78, 5) is 2.31. The van der Waals surface area contributed by atoms with Gasteiger partial charge in [0.15, 0.2) is 0 Å². The standard InChI is InChI=1S/C20H36N2O/c1-20(2,3)22(15-16-10-6-4-7-11-16)18(14-21)19(23)17-12-8-5-9-13-17/h16-19,23H,4-13,15H2,1-3H3/t18-,19-/m1/s1. The molecule has 0 aromatic rings. The van der Waals surface area contributed by atoms with Crippen molar-refractivity contribution in [1.29, 1.82) is 5.26 Å². The number of hydrogen-bond acceptors (Lipinski definition) is 3. The average Bonchev–Trinajstić information content (AvgIpc) is 2.55. The highest BCUT2D eigenvalue weighted by molar-refractivity contribution is 5.03. The normalized spacial score (nSPS) is 24.3. The van der Waals surface area contributed by atoms with Crippen LogP contribution in [0.5, 0.6) is 0 Å². The fourth-order valence-corrected chi connectivity index (χ4v) is 4.52. The topological polar surface area (TPSA) is 47.3 Å². The van der Waals surface area contributed by atoms with Crippen LogP contribution in [0.2, 0.25) is 0 Å². The van der Waals surface area contributed by atoms with Gasteiger partial charge in [0.2, 0.25) is 0 Å². The highest BCUT2D eigenvalue weighted by Crippen LogP contribution is 2.33. The summed E-state index contributed by atoms with van der Waals surface area (Å²) < 4.78 is 0. The number of hydrogen-bond donors (Lipinski definition) is 1. The van der Waals surface area contributed by atoms with Gasteiger partial charge in [0.25, 0.3) is 0 Å². The summed E-state index contributed by atoms with van der Waals surface area (Å²) in [5.74, 6) is 1.00. The third-order valence-corrected chi connectivity index (χ3v) is 5.97. The molecule has 3 nitrogen and oxygen atoms in total. The number of aliphatic hydroxyl groups excluding tert-OH is 1. The maximum atomic E-state index is 10.9. The van der Waals surface area contributed by atoms with Gasteiger partial charge in [0, 0.05) is 12.1 Å². The minimum absolute atomic E-state index is 0.0759. The van der Waals surface area contributed by atoms with Gasteiger partial charge < -0.3 is 5.11 Å². The van der Waals surface area contributed by atoms with Crippen molar-refractivity contribution in [1.82, 2.24) is 4.90 Å². The summed E-state index contributed by atoms with van der Waals surface area (Å²) >= 11 is 0. The van der Waals surface area contributed by atoms with E-state index in [1.807, 2.05) is 0 Å². The van der Waals surface area contributed by atoms with Crippen LogP contribution < -0.4 is 0 Å². The summed E-state index contributed by atoms with van der Waals surface area (Å²) in [5.41, 5.74) is -0.0759. The first-order valence-electron chi connectivity index (χ1n) is 9.78. The van der Waals surface area contributed by atoms with Crippen molar-refractivity contribution in [3.63, 3.8) is 0 Å². The molecule has 2 saturated carbocycles. The first-order chi connectivity index (χ1) is 10.9. The van der Waals surface area contributed by atoms with E-state index in [0.717, 1.165) is 19.4 Å². The molecule has 0 radical (unpaired) electrons. The Bertz CT molecular complexity index is 383. The lowest BCUT2D eigenvalue weighted by atomic mass is 9.81. The number of nitriles is 1. The van der Waals surface area contributed by atoms with E-state index in [2.05, 4.69) is 31.7 Å². The highest BCUT2D eigenvalue weighted by atomic mass is 16.3. The van der Waals surface area contributed by atoms with Gasteiger partial charge in [0.1, 0.15) is 6.04 Å². The van der Waals surface area contributed by atoms with E-state index in [0.29, 0.717) is 11.8 Å². The van der Waals surface area contributed by atoms with Crippen LogP contribution in [0.15, 0.2) is 0 Å². The Morgan fingerprint density at radius 1 is 1.00 bits per heavy atom. The maximum absolute atomic E-state index is 10.9.